The highest BCUT2D eigenvalue weighted by molar-refractivity contribution is 8.26. The lowest BCUT2D eigenvalue weighted by molar-refractivity contribution is -0.140. The Kier molecular flexibility index (Phi) is 5.61. The number of aryl methyl sites for hydroxylation is 1. The summed E-state index contributed by atoms with van der Waals surface area (Å²) in [7, 11) is 0. The van der Waals surface area contributed by atoms with Crippen LogP contribution in [0.5, 0.6) is 0 Å². The summed E-state index contributed by atoms with van der Waals surface area (Å²) in [4.78, 5) is 45.2. The van der Waals surface area contributed by atoms with E-state index in [9.17, 15) is 14.4 Å². The highest BCUT2D eigenvalue weighted by atomic mass is 32.2. The zero-order valence-corrected chi connectivity index (χ0v) is 18.0. The average molecular weight is 445 g/mol. The van der Waals surface area contributed by atoms with Crippen molar-refractivity contribution in [3.05, 3.63) is 44.7 Å². The van der Waals surface area contributed by atoms with Crippen LogP contribution in [0.2, 0.25) is 0 Å². The molecule has 30 heavy (non-hydrogen) atoms. The van der Waals surface area contributed by atoms with Gasteiger partial charge in [0.15, 0.2) is 0 Å². The molecule has 2 aromatic heterocycles. The molecular weight excluding hydrogens is 424 g/mol. The molecule has 0 atom stereocenters. The van der Waals surface area contributed by atoms with Gasteiger partial charge < -0.3 is 10.0 Å². The van der Waals surface area contributed by atoms with Gasteiger partial charge in [-0.25, -0.2) is 4.98 Å². The van der Waals surface area contributed by atoms with E-state index >= 15 is 0 Å². The molecule has 2 aliphatic heterocycles. The van der Waals surface area contributed by atoms with Crippen molar-refractivity contribution in [2.24, 2.45) is 0 Å². The first-order valence-electron chi connectivity index (χ1n) is 9.60. The number of carbonyl (C=O) groups excluding carboxylic acids is 1. The molecule has 4 heterocycles. The first kappa shape index (κ1) is 20.5. The quantitative estimate of drug-likeness (QED) is 0.567. The van der Waals surface area contributed by atoms with Gasteiger partial charge in [-0.2, -0.15) is 0 Å². The average Bonchev–Trinajstić information content (AvgIpc) is 2.98. The second-order valence-corrected chi connectivity index (χ2v) is 8.97. The Labute approximate surface area is 182 Å². The highest BCUT2D eigenvalue weighted by Gasteiger charge is 2.34. The summed E-state index contributed by atoms with van der Waals surface area (Å²) in [5, 5.41) is 9.04. The van der Waals surface area contributed by atoms with Gasteiger partial charge in [0.05, 0.1) is 10.5 Å². The van der Waals surface area contributed by atoms with Gasteiger partial charge in [-0.1, -0.05) is 30.0 Å². The summed E-state index contributed by atoms with van der Waals surface area (Å²) < 4.78 is 1.64. The van der Waals surface area contributed by atoms with E-state index in [-0.39, 0.29) is 14.8 Å². The SMILES string of the molecule is Cc1ccc2nc(N3CCCCC3)c(/C=C3/SC(=S)N(CC(=O)O)C3=O)c(=O)n2c1. The van der Waals surface area contributed by atoms with Crippen molar-refractivity contribution in [3.63, 3.8) is 0 Å². The van der Waals surface area contributed by atoms with Crippen molar-refractivity contribution in [2.45, 2.75) is 26.2 Å². The van der Waals surface area contributed by atoms with Crippen molar-refractivity contribution < 1.29 is 14.7 Å². The van der Waals surface area contributed by atoms with Gasteiger partial charge >= 0.3 is 5.97 Å². The van der Waals surface area contributed by atoms with E-state index in [0.29, 0.717) is 17.0 Å². The first-order valence-corrected chi connectivity index (χ1v) is 10.8. The first-order chi connectivity index (χ1) is 14.3. The number of rotatable bonds is 4. The van der Waals surface area contributed by atoms with Crippen LogP contribution < -0.4 is 10.5 Å². The molecule has 0 aliphatic carbocycles. The number of piperidine rings is 1. The molecule has 0 aromatic carbocycles. The Morgan fingerprint density at radius 2 is 2.00 bits per heavy atom. The Balaban J connectivity index is 1.86. The number of carbonyl (C=O) groups is 2. The maximum Gasteiger partial charge on any atom is 0.323 e. The molecule has 0 unspecified atom stereocenters. The molecule has 10 heteroatoms. The number of anilines is 1. The largest absolute Gasteiger partial charge is 0.480 e. The number of hydrogen-bond donors (Lipinski definition) is 1. The normalized spacial score (nSPS) is 18.6. The van der Waals surface area contributed by atoms with Crippen LogP contribution >= 0.6 is 24.0 Å². The molecule has 0 saturated carbocycles. The lowest BCUT2D eigenvalue weighted by Crippen LogP contribution is -2.34. The minimum atomic E-state index is -1.15. The molecule has 2 aromatic rings. The molecular formula is C20H20N4O4S2. The number of nitrogens with zero attached hydrogens (tertiary/aromatic N) is 4. The topological polar surface area (TPSA) is 95.2 Å². The van der Waals surface area contributed by atoms with Crippen LogP contribution in [0.4, 0.5) is 5.82 Å². The van der Waals surface area contributed by atoms with Crippen molar-refractivity contribution in [3.8, 4) is 0 Å². The van der Waals surface area contributed by atoms with Gasteiger partial charge in [-0.05, 0) is 43.9 Å². The maximum atomic E-state index is 13.4. The molecule has 8 nitrogen and oxygen atoms in total. The van der Waals surface area contributed by atoms with Crippen LogP contribution in [0.3, 0.4) is 0 Å². The van der Waals surface area contributed by atoms with Crippen molar-refractivity contribution in [1.29, 1.82) is 0 Å². The standard InChI is InChI=1S/C20H20N4O4S2/c1-12-5-6-15-21-17(22-7-3-2-4-8-22)13(18(27)23(15)10-12)9-14-19(28)24(11-16(25)26)20(29)30-14/h5-6,9-10H,2-4,7-8,11H2,1H3,(H,25,26)/b14-9+. The monoisotopic (exact) mass is 444 g/mol. The molecule has 2 aliphatic rings. The number of amides is 1. The number of fused-ring (bicyclic) bond motifs is 1. The van der Waals surface area contributed by atoms with E-state index < -0.39 is 18.4 Å². The van der Waals surface area contributed by atoms with E-state index in [1.54, 1.807) is 12.3 Å². The van der Waals surface area contributed by atoms with Gasteiger partial charge in [0.1, 0.15) is 22.3 Å². The Morgan fingerprint density at radius 3 is 2.70 bits per heavy atom. The predicted molar refractivity (Wildman–Crippen MR) is 120 cm³/mol. The van der Waals surface area contributed by atoms with E-state index in [1.165, 1.54) is 10.5 Å². The summed E-state index contributed by atoms with van der Waals surface area (Å²) in [6.07, 6.45) is 6.38. The molecule has 1 N–H and O–H groups in total. The number of aliphatic carboxylic acids is 1. The predicted octanol–water partition coefficient (Wildman–Crippen LogP) is 2.28. The third-order valence-corrected chi connectivity index (χ3v) is 6.46. The fourth-order valence-electron chi connectivity index (χ4n) is 3.62. The Morgan fingerprint density at radius 1 is 1.27 bits per heavy atom. The molecule has 0 spiro atoms. The van der Waals surface area contributed by atoms with Gasteiger partial charge in [0, 0.05) is 19.3 Å². The van der Waals surface area contributed by atoms with E-state index in [0.717, 1.165) is 54.6 Å². The lowest BCUT2D eigenvalue weighted by atomic mass is 10.1. The van der Waals surface area contributed by atoms with Crippen molar-refractivity contribution in [2.75, 3.05) is 24.5 Å². The van der Waals surface area contributed by atoms with E-state index in [2.05, 4.69) is 4.90 Å². The summed E-state index contributed by atoms with van der Waals surface area (Å²) in [6, 6.07) is 3.71. The van der Waals surface area contributed by atoms with Crippen LogP contribution in [0.25, 0.3) is 11.7 Å². The summed E-state index contributed by atoms with van der Waals surface area (Å²) >= 11 is 6.17. The maximum absolute atomic E-state index is 13.4. The minimum absolute atomic E-state index is 0.165. The molecule has 156 valence electrons. The number of aromatic nitrogens is 2. The second kappa shape index (κ2) is 8.19. The zero-order chi connectivity index (χ0) is 21.4. The number of pyridine rings is 1. The Hall–Kier alpha value is -2.72. The highest BCUT2D eigenvalue weighted by Crippen LogP contribution is 2.33. The van der Waals surface area contributed by atoms with Crippen molar-refractivity contribution >= 4 is 57.7 Å². The van der Waals surface area contributed by atoms with E-state index in [4.69, 9.17) is 22.3 Å². The molecule has 0 radical (unpaired) electrons. The van der Waals surface area contributed by atoms with Crippen LogP contribution in [0.15, 0.2) is 28.0 Å². The summed E-state index contributed by atoms with van der Waals surface area (Å²) in [6.45, 7) is 2.96. The third-order valence-electron chi connectivity index (χ3n) is 5.08. The van der Waals surface area contributed by atoms with Gasteiger partial charge in [-0.3, -0.25) is 23.7 Å². The Bertz CT molecular complexity index is 1150. The molecule has 0 bridgehead atoms. The lowest BCUT2D eigenvalue weighted by Gasteiger charge is -2.29. The fraction of sp³-hybridized carbons (Fsp3) is 0.350. The number of carboxylic acid groups (broad SMARTS) is 1. The number of thioether (sulfide) groups is 1. The van der Waals surface area contributed by atoms with Crippen LogP contribution in [-0.2, 0) is 9.59 Å². The van der Waals surface area contributed by atoms with E-state index in [1.807, 2.05) is 13.0 Å². The number of thiocarbonyl (C=S) groups is 1. The second-order valence-electron chi connectivity index (χ2n) is 7.30. The molecule has 2 saturated heterocycles. The fourth-order valence-corrected chi connectivity index (χ4v) is 4.86. The summed E-state index contributed by atoms with van der Waals surface area (Å²) in [5.74, 6) is -1.11. The molecule has 2 fully saturated rings. The van der Waals surface area contributed by atoms with Gasteiger partial charge in [0.2, 0.25) is 0 Å². The van der Waals surface area contributed by atoms with Crippen LogP contribution in [0.1, 0.15) is 30.4 Å². The minimum Gasteiger partial charge on any atom is -0.480 e. The molecule has 4 rings (SSSR count). The third kappa shape index (κ3) is 3.84. The van der Waals surface area contributed by atoms with Gasteiger partial charge in [0.25, 0.3) is 11.5 Å². The van der Waals surface area contributed by atoms with Crippen molar-refractivity contribution in [1.82, 2.24) is 14.3 Å². The van der Waals surface area contributed by atoms with Crippen LogP contribution in [-0.4, -0.2) is 55.2 Å². The van der Waals surface area contributed by atoms with Gasteiger partial charge in [-0.15, -0.1) is 0 Å². The zero-order valence-electron chi connectivity index (χ0n) is 16.3. The number of carboxylic acids is 1. The molecule has 1 amide bonds. The summed E-state index contributed by atoms with van der Waals surface area (Å²) in [5.41, 5.74) is 1.50. The van der Waals surface area contributed by atoms with Crippen LogP contribution in [0, 0.1) is 6.92 Å². The number of hydrogen-bond acceptors (Lipinski definition) is 7. The smallest absolute Gasteiger partial charge is 0.323 e.